The zero-order chi connectivity index (χ0) is 9.26. The van der Waals surface area contributed by atoms with Crippen LogP contribution < -0.4 is 10.5 Å². The van der Waals surface area contributed by atoms with E-state index < -0.39 is 0 Å². The molecular formula is C9H12N2OS. The summed E-state index contributed by atoms with van der Waals surface area (Å²) in [7, 11) is 0. The van der Waals surface area contributed by atoms with E-state index in [2.05, 4.69) is 4.98 Å². The Bertz CT molecular complexity index is 312. The predicted molar refractivity (Wildman–Crippen MR) is 54.1 cm³/mol. The number of hydrogen-bond acceptors (Lipinski definition) is 4. The smallest absolute Gasteiger partial charge is 0.167 e. The zero-order valence-corrected chi connectivity index (χ0v) is 8.30. The van der Waals surface area contributed by atoms with Crippen LogP contribution in [-0.2, 0) is 0 Å². The summed E-state index contributed by atoms with van der Waals surface area (Å²) in [6.45, 7) is 0. The van der Waals surface area contributed by atoms with E-state index in [1.54, 1.807) is 11.8 Å². The van der Waals surface area contributed by atoms with Gasteiger partial charge in [0.2, 0.25) is 0 Å². The third-order valence-corrected chi connectivity index (χ3v) is 2.53. The Balaban J connectivity index is 2.15. The molecule has 0 unspecified atom stereocenters. The molecule has 2 rings (SSSR count). The molecule has 1 aliphatic carbocycles. The minimum absolute atomic E-state index is 0.379. The van der Waals surface area contributed by atoms with Crippen LogP contribution in [0.25, 0.3) is 0 Å². The van der Waals surface area contributed by atoms with Crippen LogP contribution in [0.4, 0.5) is 5.82 Å². The van der Waals surface area contributed by atoms with Crippen molar-refractivity contribution in [2.45, 2.75) is 24.0 Å². The van der Waals surface area contributed by atoms with E-state index in [0.717, 1.165) is 23.6 Å². The van der Waals surface area contributed by atoms with Gasteiger partial charge in [-0.1, -0.05) is 0 Å². The van der Waals surface area contributed by atoms with Gasteiger partial charge in [-0.3, -0.25) is 0 Å². The summed E-state index contributed by atoms with van der Waals surface area (Å²) in [5, 5.41) is 0.931. The van der Waals surface area contributed by atoms with Gasteiger partial charge in [0.15, 0.2) is 11.6 Å². The Kier molecular flexibility index (Phi) is 2.31. The first kappa shape index (κ1) is 8.69. The van der Waals surface area contributed by atoms with Crippen molar-refractivity contribution in [1.29, 1.82) is 0 Å². The van der Waals surface area contributed by atoms with Gasteiger partial charge in [-0.05, 0) is 31.2 Å². The summed E-state index contributed by atoms with van der Waals surface area (Å²) < 4.78 is 5.56. The van der Waals surface area contributed by atoms with Gasteiger partial charge in [0.1, 0.15) is 0 Å². The molecule has 3 nitrogen and oxygen atoms in total. The molecule has 1 aromatic rings. The molecule has 0 bridgehead atoms. The van der Waals surface area contributed by atoms with Gasteiger partial charge in [0, 0.05) is 0 Å². The van der Waals surface area contributed by atoms with Crippen LogP contribution in [0.1, 0.15) is 12.8 Å². The van der Waals surface area contributed by atoms with Crippen LogP contribution in [-0.4, -0.2) is 17.3 Å². The second-order valence-electron chi connectivity index (χ2n) is 3.05. The number of nitrogen functional groups attached to an aromatic ring is 1. The third-order valence-electron chi connectivity index (χ3n) is 1.89. The highest BCUT2D eigenvalue weighted by Crippen LogP contribution is 2.30. The highest BCUT2D eigenvalue weighted by Gasteiger charge is 2.24. The van der Waals surface area contributed by atoms with Crippen molar-refractivity contribution in [3.8, 4) is 5.75 Å². The highest BCUT2D eigenvalue weighted by atomic mass is 32.2. The largest absolute Gasteiger partial charge is 0.487 e. The van der Waals surface area contributed by atoms with Gasteiger partial charge >= 0.3 is 0 Å². The maximum atomic E-state index is 5.72. The first-order valence-corrected chi connectivity index (χ1v) is 5.49. The van der Waals surface area contributed by atoms with Crippen LogP contribution in [0.15, 0.2) is 17.2 Å². The maximum Gasteiger partial charge on any atom is 0.167 e. The second-order valence-corrected chi connectivity index (χ2v) is 3.88. The van der Waals surface area contributed by atoms with Gasteiger partial charge in [-0.25, -0.2) is 4.98 Å². The molecule has 1 heterocycles. The standard InChI is InChI=1S/C9H12N2OS/c1-13-8-5-4-7(9(10)11-8)12-6-2-3-6/h4-6H,2-3H2,1H3,(H2,10,11). The first-order valence-electron chi connectivity index (χ1n) is 4.27. The maximum absolute atomic E-state index is 5.72. The molecule has 1 saturated carbocycles. The molecule has 1 aromatic heterocycles. The summed E-state index contributed by atoms with van der Waals surface area (Å²) >= 11 is 1.58. The predicted octanol–water partition coefficient (Wildman–Crippen LogP) is 1.93. The molecule has 0 aromatic carbocycles. The number of nitrogens with two attached hydrogens (primary N) is 1. The van der Waals surface area contributed by atoms with E-state index >= 15 is 0 Å². The van der Waals surface area contributed by atoms with Crippen LogP contribution in [0.5, 0.6) is 5.75 Å². The van der Waals surface area contributed by atoms with Crippen LogP contribution in [0.2, 0.25) is 0 Å². The summed E-state index contributed by atoms with van der Waals surface area (Å²) in [4.78, 5) is 4.19. The molecule has 0 amide bonds. The van der Waals surface area contributed by atoms with Crippen LogP contribution in [0.3, 0.4) is 0 Å². The van der Waals surface area contributed by atoms with Gasteiger partial charge < -0.3 is 10.5 Å². The fraction of sp³-hybridized carbons (Fsp3) is 0.444. The average molecular weight is 196 g/mol. The summed E-state index contributed by atoms with van der Waals surface area (Å²) in [5.74, 6) is 1.22. The number of hydrogen-bond donors (Lipinski definition) is 1. The molecule has 0 radical (unpaired) electrons. The molecule has 0 atom stereocenters. The summed E-state index contributed by atoms with van der Waals surface area (Å²) in [6, 6.07) is 3.82. The van der Waals surface area contributed by atoms with Crippen molar-refractivity contribution in [2.24, 2.45) is 0 Å². The molecule has 0 spiro atoms. The quantitative estimate of drug-likeness (QED) is 0.750. The number of ether oxygens (including phenoxy) is 1. The fourth-order valence-electron chi connectivity index (χ4n) is 1.02. The lowest BCUT2D eigenvalue weighted by Crippen LogP contribution is -2.01. The highest BCUT2D eigenvalue weighted by molar-refractivity contribution is 7.98. The lowest BCUT2D eigenvalue weighted by Gasteiger charge is -2.07. The van der Waals surface area contributed by atoms with Gasteiger partial charge in [0.05, 0.1) is 11.1 Å². The normalized spacial score (nSPS) is 15.8. The van der Waals surface area contributed by atoms with Crippen LogP contribution in [0, 0.1) is 0 Å². The van der Waals surface area contributed by atoms with E-state index in [-0.39, 0.29) is 0 Å². The second kappa shape index (κ2) is 3.46. The molecule has 70 valence electrons. The summed E-state index contributed by atoms with van der Waals surface area (Å²) in [5.41, 5.74) is 5.72. The third kappa shape index (κ3) is 2.06. The number of aromatic nitrogens is 1. The van der Waals surface area contributed by atoms with E-state index in [4.69, 9.17) is 10.5 Å². The Hall–Kier alpha value is -0.900. The SMILES string of the molecule is CSc1ccc(OC2CC2)c(N)n1. The van der Waals surface area contributed by atoms with Gasteiger partial charge in [-0.2, -0.15) is 0 Å². The first-order chi connectivity index (χ1) is 6.29. The van der Waals surface area contributed by atoms with E-state index in [1.807, 2.05) is 18.4 Å². The fourth-order valence-corrected chi connectivity index (χ4v) is 1.42. The number of thioether (sulfide) groups is 1. The molecule has 4 heteroatoms. The minimum Gasteiger partial charge on any atom is -0.487 e. The van der Waals surface area contributed by atoms with Crippen molar-refractivity contribution in [3.63, 3.8) is 0 Å². The average Bonchev–Trinajstić information content (AvgIpc) is 2.92. The topological polar surface area (TPSA) is 48.1 Å². The Morgan fingerprint density at radius 2 is 2.31 bits per heavy atom. The van der Waals surface area contributed by atoms with Crippen molar-refractivity contribution >= 4 is 17.6 Å². The van der Waals surface area contributed by atoms with E-state index in [1.165, 1.54) is 0 Å². The Morgan fingerprint density at radius 3 is 2.85 bits per heavy atom. The molecule has 1 fully saturated rings. The lowest BCUT2D eigenvalue weighted by atomic mass is 10.4. The number of anilines is 1. The molecule has 13 heavy (non-hydrogen) atoms. The van der Waals surface area contributed by atoms with Crippen molar-refractivity contribution < 1.29 is 4.74 Å². The molecule has 2 N–H and O–H groups in total. The molecule has 0 aliphatic heterocycles. The monoisotopic (exact) mass is 196 g/mol. The summed E-state index contributed by atoms with van der Waals surface area (Å²) in [6.07, 6.45) is 4.64. The molecule has 1 aliphatic rings. The van der Waals surface area contributed by atoms with Gasteiger partial charge in [-0.15, -0.1) is 11.8 Å². The Labute approximate surface area is 81.7 Å². The van der Waals surface area contributed by atoms with E-state index in [0.29, 0.717) is 11.9 Å². The molecular weight excluding hydrogens is 184 g/mol. The minimum atomic E-state index is 0.379. The van der Waals surface area contributed by atoms with Crippen LogP contribution >= 0.6 is 11.8 Å². The lowest BCUT2D eigenvalue weighted by molar-refractivity contribution is 0.303. The van der Waals surface area contributed by atoms with Crippen molar-refractivity contribution in [2.75, 3.05) is 12.0 Å². The Morgan fingerprint density at radius 1 is 1.54 bits per heavy atom. The van der Waals surface area contributed by atoms with Crippen molar-refractivity contribution in [3.05, 3.63) is 12.1 Å². The number of nitrogens with zero attached hydrogens (tertiary/aromatic N) is 1. The van der Waals surface area contributed by atoms with Crippen molar-refractivity contribution in [1.82, 2.24) is 4.98 Å². The zero-order valence-electron chi connectivity index (χ0n) is 7.49. The number of rotatable bonds is 3. The van der Waals surface area contributed by atoms with Gasteiger partial charge in [0.25, 0.3) is 0 Å². The molecule has 0 saturated heterocycles. The van der Waals surface area contributed by atoms with E-state index in [9.17, 15) is 0 Å². The number of pyridine rings is 1.